The predicted molar refractivity (Wildman–Crippen MR) is 66.9 cm³/mol. The largest absolute Gasteiger partial charge is 0.302 e. The molecule has 1 aliphatic heterocycles. The van der Waals surface area contributed by atoms with E-state index in [4.69, 9.17) is 0 Å². The number of ketones is 1. The summed E-state index contributed by atoms with van der Waals surface area (Å²) < 4.78 is 0. The Balaban J connectivity index is 2.39. The van der Waals surface area contributed by atoms with Gasteiger partial charge >= 0.3 is 0 Å². The molecule has 0 fully saturated rings. The van der Waals surface area contributed by atoms with Crippen molar-refractivity contribution in [1.29, 1.82) is 0 Å². The first kappa shape index (κ1) is 11.6. The van der Waals surface area contributed by atoms with E-state index in [0.29, 0.717) is 6.54 Å². The summed E-state index contributed by atoms with van der Waals surface area (Å²) in [6.45, 7) is 4.41. The Bertz CT molecular complexity index is 499. The van der Waals surface area contributed by atoms with Gasteiger partial charge < -0.3 is 4.90 Å². The smallest absolute Gasteiger partial charge is 0.295 e. The van der Waals surface area contributed by atoms with Crippen LogP contribution >= 0.6 is 0 Å². The van der Waals surface area contributed by atoms with Crippen LogP contribution in [0.25, 0.3) is 0 Å². The number of fused-ring (bicyclic) bond motifs is 1. The molecule has 1 aromatic carbocycles. The van der Waals surface area contributed by atoms with E-state index in [1.807, 2.05) is 44.2 Å². The number of rotatable bonds is 2. The number of hydrogen-bond donors (Lipinski definition) is 0. The normalized spacial score (nSPS) is 14.6. The maximum atomic E-state index is 11.8. The fourth-order valence-electron chi connectivity index (χ4n) is 1.89. The van der Waals surface area contributed by atoms with Crippen LogP contribution in [-0.4, -0.2) is 18.2 Å². The molecule has 0 bridgehead atoms. The molecule has 0 spiro atoms. The maximum absolute atomic E-state index is 11.8. The molecule has 1 heterocycles. The number of para-hydroxylation sites is 1. The van der Waals surface area contributed by atoms with Gasteiger partial charge in [0, 0.05) is 18.7 Å². The van der Waals surface area contributed by atoms with Crippen molar-refractivity contribution in [3.8, 4) is 0 Å². The Morgan fingerprint density at radius 2 is 2.00 bits per heavy atom. The number of amides is 1. The highest BCUT2D eigenvalue weighted by Gasteiger charge is 2.29. The van der Waals surface area contributed by atoms with E-state index in [1.165, 1.54) is 0 Å². The molecule has 0 saturated heterocycles. The van der Waals surface area contributed by atoms with Crippen LogP contribution in [0.5, 0.6) is 0 Å². The molecule has 0 N–H and O–H groups in total. The molecular weight excluding hydrogens is 214 g/mol. The highest BCUT2D eigenvalue weighted by Crippen LogP contribution is 2.25. The van der Waals surface area contributed by atoms with Gasteiger partial charge in [-0.25, -0.2) is 0 Å². The molecule has 0 aliphatic carbocycles. The summed E-state index contributed by atoms with van der Waals surface area (Å²) in [5, 5.41) is 0. The Morgan fingerprint density at radius 3 is 2.71 bits per heavy atom. The first-order chi connectivity index (χ1) is 8.09. The third-order valence-electron chi connectivity index (χ3n) is 2.80. The van der Waals surface area contributed by atoms with Crippen LogP contribution in [0.1, 0.15) is 19.4 Å². The average Bonchev–Trinajstić information content (AvgIpc) is 2.29. The lowest BCUT2D eigenvalue weighted by atomic mass is 10.0. The van der Waals surface area contributed by atoms with Crippen LogP contribution in [0.2, 0.25) is 0 Å². The highest BCUT2D eigenvalue weighted by atomic mass is 16.2. The van der Waals surface area contributed by atoms with Gasteiger partial charge in [0.25, 0.3) is 5.91 Å². The summed E-state index contributed by atoms with van der Waals surface area (Å²) >= 11 is 0. The number of anilines is 1. The molecular formula is C14H15NO2. The number of hydrogen-bond acceptors (Lipinski definition) is 2. The second kappa shape index (κ2) is 4.53. The Hall–Kier alpha value is -1.90. The lowest BCUT2D eigenvalue weighted by Crippen LogP contribution is -2.41. The molecule has 0 saturated carbocycles. The third-order valence-corrected chi connectivity index (χ3v) is 2.80. The number of nitrogens with zero attached hydrogens (tertiary/aromatic N) is 1. The molecule has 0 radical (unpaired) electrons. The Morgan fingerprint density at radius 1 is 1.29 bits per heavy atom. The van der Waals surface area contributed by atoms with E-state index in [9.17, 15) is 9.59 Å². The minimum atomic E-state index is -0.402. The molecule has 0 atom stereocenters. The molecule has 1 aromatic rings. The molecule has 1 amide bonds. The molecule has 88 valence electrons. The van der Waals surface area contributed by atoms with Crippen LogP contribution in [-0.2, 0) is 16.0 Å². The van der Waals surface area contributed by atoms with Gasteiger partial charge in [-0.3, -0.25) is 9.59 Å². The zero-order valence-electron chi connectivity index (χ0n) is 10.1. The van der Waals surface area contributed by atoms with Crippen molar-refractivity contribution in [3.05, 3.63) is 41.5 Å². The number of allylic oxidation sites excluding steroid dienone is 1. The minimum absolute atomic E-state index is 0.223. The van der Waals surface area contributed by atoms with Crippen LogP contribution < -0.4 is 4.90 Å². The van der Waals surface area contributed by atoms with Gasteiger partial charge in [-0.2, -0.15) is 0 Å². The molecule has 3 heteroatoms. The second-order valence-corrected chi connectivity index (χ2v) is 4.43. The van der Waals surface area contributed by atoms with Gasteiger partial charge in [0.2, 0.25) is 5.78 Å². The highest BCUT2D eigenvalue weighted by molar-refractivity contribution is 6.43. The van der Waals surface area contributed by atoms with Gasteiger partial charge in [0.15, 0.2) is 0 Å². The van der Waals surface area contributed by atoms with E-state index in [0.717, 1.165) is 16.8 Å². The fourth-order valence-corrected chi connectivity index (χ4v) is 1.89. The van der Waals surface area contributed by atoms with Gasteiger partial charge in [0.1, 0.15) is 0 Å². The van der Waals surface area contributed by atoms with E-state index in [1.54, 1.807) is 4.90 Å². The van der Waals surface area contributed by atoms with Gasteiger partial charge in [-0.1, -0.05) is 29.8 Å². The summed E-state index contributed by atoms with van der Waals surface area (Å²) in [7, 11) is 0. The van der Waals surface area contributed by atoms with Crippen LogP contribution in [0.15, 0.2) is 35.9 Å². The molecule has 2 rings (SSSR count). The lowest BCUT2D eigenvalue weighted by molar-refractivity contribution is -0.136. The van der Waals surface area contributed by atoms with E-state index < -0.39 is 5.91 Å². The topological polar surface area (TPSA) is 37.4 Å². The maximum Gasteiger partial charge on any atom is 0.295 e. The van der Waals surface area contributed by atoms with Gasteiger partial charge in [-0.05, 0) is 25.5 Å². The number of benzene rings is 1. The van der Waals surface area contributed by atoms with E-state index >= 15 is 0 Å². The number of carbonyl (C=O) groups is 2. The molecule has 17 heavy (non-hydrogen) atoms. The third kappa shape index (κ3) is 2.28. The molecule has 1 aliphatic rings. The second-order valence-electron chi connectivity index (χ2n) is 4.43. The summed E-state index contributed by atoms with van der Waals surface area (Å²) in [6, 6.07) is 7.56. The predicted octanol–water partition coefficient (Wildman–Crippen LogP) is 2.11. The Labute approximate surface area is 101 Å². The van der Waals surface area contributed by atoms with E-state index in [2.05, 4.69) is 0 Å². The van der Waals surface area contributed by atoms with Crippen molar-refractivity contribution in [2.24, 2.45) is 0 Å². The first-order valence-electron chi connectivity index (χ1n) is 5.65. The monoisotopic (exact) mass is 229 g/mol. The molecule has 3 nitrogen and oxygen atoms in total. The van der Waals surface area contributed by atoms with Crippen molar-refractivity contribution in [2.75, 3.05) is 11.4 Å². The summed E-state index contributed by atoms with van der Waals surface area (Å²) in [5.41, 5.74) is 2.92. The summed E-state index contributed by atoms with van der Waals surface area (Å²) in [6.07, 6.45) is 2.17. The van der Waals surface area contributed by atoms with Crippen molar-refractivity contribution >= 4 is 17.4 Å². The van der Waals surface area contributed by atoms with Gasteiger partial charge in [0.05, 0.1) is 0 Å². The van der Waals surface area contributed by atoms with E-state index in [-0.39, 0.29) is 12.2 Å². The molecule has 0 unspecified atom stereocenters. The van der Waals surface area contributed by atoms with Crippen molar-refractivity contribution in [2.45, 2.75) is 20.3 Å². The zero-order valence-corrected chi connectivity index (χ0v) is 10.1. The van der Waals surface area contributed by atoms with Crippen molar-refractivity contribution < 1.29 is 9.59 Å². The zero-order chi connectivity index (χ0) is 12.4. The standard InChI is InChI=1S/C14H15NO2/c1-10(2)7-8-15-12-6-4-3-5-11(12)9-13(16)14(15)17/h3-7H,8-9H2,1-2H3. The lowest BCUT2D eigenvalue weighted by Gasteiger charge is -2.27. The number of carbonyl (C=O) groups excluding carboxylic acids is 2. The minimum Gasteiger partial charge on any atom is -0.302 e. The van der Waals surface area contributed by atoms with Crippen LogP contribution in [0.4, 0.5) is 5.69 Å². The number of Topliss-reactive ketones (excluding diaryl/α,β-unsaturated/α-hetero) is 1. The average molecular weight is 229 g/mol. The molecule has 0 aromatic heterocycles. The van der Waals surface area contributed by atoms with Crippen LogP contribution in [0, 0.1) is 0 Å². The summed E-state index contributed by atoms with van der Waals surface area (Å²) in [4.78, 5) is 25.0. The fraction of sp³-hybridized carbons (Fsp3) is 0.286. The van der Waals surface area contributed by atoms with Crippen molar-refractivity contribution in [3.63, 3.8) is 0 Å². The van der Waals surface area contributed by atoms with Crippen molar-refractivity contribution in [1.82, 2.24) is 0 Å². The van der Waals surface area contributed by atoms with Gasteiger partial charge in [-0.15, -0.1) is 0 Å². The first-order valence-corrected chi connectivity index (χ1v) is 5.65. The quantitative estimate of drug-likeness (QED) is 0.575. The summed E-state index contributed by atoms with van der Waals surface area (Å²) in [5.74, 6) is -0.730. The SMILES string of the molecule is CC(C)=CCN1C(=O)C(=O)Cc2ccccc21. The Kier molecular flexibility index (Phi) is 3.09. The van der Waals surface area contributed by atoms with Crippen LogP contribution in [0.3, 0.4) is 0 Å².